The number of halogens is 3. The fourth-order valence-electron chi connectivity index (χ4n) is 3.52. The number of hydrogen-bond donors (Lipinski definition) is 5. The van der Waals surface area contributed by atoms with Gasteiger partial charge in [0.05, 0.1) is 11.3 Å². The number of alkyl halides is 3. The number of nitriles is 1. The maximum absolute atomic E-state index is 12.6. The Kier molecular flexibility index (Phi) is 13.9. The Labute approximate surface area is 205 Å². The number of carbonyl (C=O) groups is 1. The molecule has 11 heteroatoms. The molecule has 1 atom stereocenters. The number of nitrogens with one attached hydrogen (secondary N) is 2. The molecule has 0 spiro atoms. The van der Waals surface area contributed by atoms with Crippen LogP contribution < -0.4 is 22.1 Å². The second kappa shape index (κ2) is 15.1. The topological polar surface area (TPSA) is 150 Å². The first-order valence-corrected chi connectivity index (χ1v) is 11.1. The van der Waals surface area contributed by atoms with Gasteiger partial charge < -0.3 is 27.2 Å². The number of benzene rings is 1. The van der Waals surface area contributed by atoms with Gasteiger partial charge in [-0.1, -0.05) is 12.1 Å². The summed E-state index contributed by atoms with van der Waals surface area (Å²) in [5.41, 5.74) is 10.6. The van der Waals surface area contributed by atoms with E-state index in [0.717, 1.165) is 37.8 Å². The molecule has 1 aliphatic rings. The molecule has 0 amide bonds. The predicted molar refractivity (Wildman–Crippen MR) is 132 cm³/mol. The van der Waals surface area contributed by atoms with Crippen LogP contribution in [0.2, 0.25) is 0 Å². The van der Waals surface area contributed by atoms with E-state index in [2.05, 4.69) is 48.7 Å². The number of carbonyl (C=O) groups excluding carboxylic acids is 1. The molecule has 196 valence electrons. The summed E-state index contributed by atoms with van der Waals surface area (Å²) in [7, 11) is 1.50. The number of nitrogens with two attached hydrogens (primary N) is 2. The summed E-state index contributed by atoms with van der Waals surface area (Å²) in [5, 5.41) is 22.6. The molecular formula is C24H37F3N6O2. The standard InChI is InChI=1S/C22H31F3N4O2.CH5N.CHN/c1-21(2,3)29-18-10-8-16(9-11-18)27-12-15(13-30)20(26)28-17-6-4-14(5-7-17)19(31)22(23,24)25;2*1-2/h4-7,12-13,16,18-19,27,29,31H,8-11H2,1-3H3,(H2,26,28);2H2,1H3;1H/b15-12-;;. The van der Waals surface area contributed by atoms with Crippen molar-refractivity contribution in [3.8, 4) is 6.57 Å². The lowest BCUT2D eigenvalue weighted by Crippen LogP contribution is -2.46. The van der Waals surface area contributed by atoms with Gasteiger partial charge in [0.15, 0.2) is 12.4 Å². The lowest BCUT2D eigenvalue weighted by Gasteiger charge is -2.34. The molecule has 7 N–H and O–H groups in total. The van der Waals surface area contributed by atoms with Crippen LogP contribution in [0.4, 0.5) is 18.9 Å². The Morgan fingerprint density at radius 2 is 1.60 bits per heavy atom. The molecule has 2 rings (SSSR count). The number of aldehydes is 1. The molecule has 1 aromatic carbocycles. The van der Waals surface area contributed by atoms with Crippen molar-refractivity contribution in [3.05, 3.63) is 41.6 Å². The summed E-state index contributed by atoms with van der Waals surface area (Å²) >= 11 is 0. The summed E-state index contributed by atoms with van der Waals surface area (Å²) in [4.78, 5) is 15.5. The fraction of sp³-hybridized carbons (Fsp3) is 0.542. The minimum Gasteiger partial charge on any atom is -0.387 e. The number of amidine groups is 1. The van der Waals surface area contributed by atoms with Crippen LogP contribution in [-0.2, 0) is 4.79 Å². The van der Waals surface area contributed by atoms with Crippen LogP contribution in [0.5, 0.6) is 0 Å². The maximum atomic E-state index is 12.6. The monoisotopic (exact) mass is 498 g/mol. The highest BCUT2D eigenvalue weighted by atomic mass is 19.4. The van der Waals surface area contributed by atoms with E-state index in [4.69, 9.17) is 11.0 Å². The largest absolute Gasteiger partial charge is 0.418 e. The SMILES string of the molecule is C#N.CC(C)(C)NC1CCC(N/C=C(/C=O)C(N)=Nc2ccc(C(O)C(F)(F)F)cc2)CC1.CN. The molecule has 0 saturated heterocycles. The van der Waals surface area contributed by atoms with Crippen LogP contribution >= 0.6 is 0 Å². The molecule has 0 aromatic heterocycles. The number of aliphatic hydroxyl groups is 1. The molecule has 0 bridgehead atoms. The number of aliphatic hydroxyl groups excluding tert-OH is 1. The Morgan fingerprint density at radius 3 is 2.03 bits per heavy atom. The van der Waals surface area contributed by atoms with Crippen LogP contribution in [-0.4, -0.2) is 48.1 Å². The number of hydrogen-bond acceptors (Lipinski definition) is 7. The predicted octanol–water partition coefficient (Wildman–Crippen LogP) is 3.36. The normalized spacial score (nSPS) is 19.9. The smallest absolute Gasteiger partial charge is 0.387 e. The van der Waals surface area contributed by atoms with Crippen LogP contribution in [0.1, 0.15) is 58.1 Å². The molecule has 0 heterocycles. The molecule has 1 saturated carbocycles. The molecule has 0 aliphatic heterocycles. The van der Waals surface area contributed by atoms with E-state index in [-0.39, 0.29) is 34.2 Å². The van der Waals surface area contributed by atoms with Crippen molar-refractivity contribution in [2.45, 2.75) is 76.4 Å². The van der Waals surface area contributed by atoms with E-state index >= 15 is 0 Å². The van der Waals surface area contributed by atoms with E-state index < -0.39 is 12.3 Å². The van der Waals surface area contributed by atoms with Gasteiger partial charge in [0.25, 0.3) is 0 Å². The first-order valence-electron chi connectivity index (χ1n) is 11.1. The highest BCUT2D eigenvalue weighted by Crippen LogP contribution is 2.33. The van der Waals surface area contributed by atoms with Gasteiger partial charge in [0.1, 0.15) is 5.84 Å². The third-order valence-electron chi connectivity index (χ3n) is 5.03. The Morgan fingerprint density at radius 1 is 1.11 bits per heavy atom. The molecule has 8 nitrogen and oxygen atoms in total. The molecule has 1 fully saturated rings. The number of rotatable bonds is 7. The zero-order chi connectivity index (χ0) is 27.2. The minimum atomic E-state index is -4.75. The van der Waals surface area contributed by atoms with Crippen molar-refractivity contribution in [1.82, 2.24) is 10.6 Å². The molecule has 1 unspecified atom stereocenters. The molecule has 1 aliphatic carbocycles. The van der Waals surface area contributed by atoms with Crippen molar-refractivity contribution in [3.63, 3.8) is 0 Å². The summed E-state index contributed by atoms with van der Waals surface area (Å²) in [6.07, 6.45) is -1.22. The third-order valence-corrected chi connectivity index (χ3v) is 5.03. The molecule has 0 radical (unpaired) electrons. The molecule has 1 aromatic rings. The lowest BCUT2D eigenvalue weighted by molar-refractivity contribution is -0.206. The summed E-state index contributed by atoms with van der Waals surface area (Å²) in [6.45, 7) is 9.93. The van der Waals surface area contributed by atoms with Gasteiger partial charge in [-0.05, 0) is 71.2 Å². The minimum absolute atomic E-state index is 0.0466. The summed E-state index contributed by atoms with van der Waals surface area (Å²) < 4.78 is 37.7. The van der Waals surface area contributed by atoms with Crippen LogP contribution in [0, 0.1) is 11.8 Å². The number of aliphatic imine (C=N–C) groups is 1. The van der Waals surface area contributed by atoms with Gasteiger partial charge in [-0.25, -0.2) is 10.3 Å². The highest BCUT2D eigenvalue weighted by Gasteiger charge is 2.39. The average molecular weight is 499 g/mol. The van der Waals surface area contributed by atoms with Crippen molar-refractivity contribution in [1.29, 1.82) is 5.26 Å². The Hall–Kier alpha value is -2.94. The van der Waals surface area contributed by atoms with E-state index in [9.17, 15) is 23.1 Å². The van der Waals surface area contributed by atoms with Gasteiger partial charge >= 0.3 is 6.18 Å². The summed E-state index contributed by atoms with van der Waals surface area (Å²) in [6, 6.07) is 5.54. The van der Waals surface area contributed by atoms with Gasteiger partial charge in [0, 0.05) is 30.4 Å². The second-order valence-electron chi connectivity index (χ2n) is 8.86. The van der Waals surface area contributed by atoms with Crippen LogP contribution in [0.3, 0.4) is 0 Å². The van der Waals surface area contributed by atoms with Gasteiger partial charge in [-0.3, -0.25) is 4.79 Å². The van der Waals surface area contributed by atoms with Crippen molar-refractivity contribution in [2.75, 3.05) is 7.05 Å². The summed E-state index contributed by atoms with van der Waals surface area (Å²) in [5.74, 6) is -0.0466. The third kappa shape index (κ3) is 11.8. The van der Waals surface area contributed by atoms with E-state index in [1.54, 1.807) is 0 Å². The van der Waals surface area contributed by atoms with Crippen LogP contribution in [0.15, 0.2) is 41.0 Å². The zero-order valence-corrected chi connectivity index (χ0v) is 20.6. The molecular weight excluding hydrogens is 461 g/mol. The average Bonchev–Trinajstić information content (AvgIpc) is 2.81. The Bertz CT molecular complexity index is 838. The van der Waals surface area contributed by atoms with E-state index in [0.29, 0.717) is 12.3 Å². The van der Waals surface area contributed by atoms with E-state index in [1.165, 1.54) is 25.4 Å². The van der Waals surface area contributed by atoms with Crippen molar-refractivity contribution in [2.24, 2.45) is 16.5 Å². The maximum Gasteiger partial charge on any atom is 0.418 e. The lowest BCUT2D eigenvalue weighted by atomic mass is 9.89. The highest BCUT2D eigenvalue weighted by molar-refractivity contribution is 6.13. The van der Waals surface area contributed by atoms with Crippen molar-refractivity contribution >= 4 is 17.8 Å². The van der Waals surface area contributed by atoms with Crippen LogP contribution in [0.25, 0.3) is 0 Å². The second-order valence-corrected chi connectivity index (χ2v) is 8.86. The quantitative estimate of drug-likeness (QED) is 0.167. The zero-order valence-electron chi connectivity index (χ0n) is 20.6. The fourth-order valence-corrected chi connectivity index (χ4v) is 3.52. The van der Waals surface area contributed by atoms with E-state index in [1.807, 2.05) is 0 Å². The number of nitrogens with zero attached hydrogens (tertiary/aromatic N) is 2. The van der Waals surface area contributed by atoms with Gasteiger partial charge in [0.2, 0.25) is 0 Å². The molecule has 35 heavy (non-hydrogen) atoms. The first-order chi connectivity index (χ1) is 16.4. The van der Waals surface area contributed by atoms with Gasteiger partial charge in [-0.2, -0.15) is 13.2 Å². The van der Waals surface area contributed by atoms with Gasteiger partial charge in [-0.15, -0.1) is 0 Å². The first kappa shape index (κ1) is 32.1. The van der Waals surface area contributed by atoms with Crippen molar-refractivity contribution < 1.29 is 23.1 Å². The Balaban J connectivity index is 0.00000274.